The molecule has 0 bridgehead atoms. The lowest BCUT2D eigenvalue weighted by molar-refractivity contribution is 0.460. The molecule has 0 atom stereocenters. The molecule has 0 aliphatic rings. The summed E-state index contributed by atoms with van der Waals surface area (Å²) < 4.78 is 5.27. The van der Waals surface area contributed by atoms with E-state index in [-0.39, 0.29) is 0 Å². The van der Waals surface area contributed by atoms with Crippen LogP contribution in [0, 0.1) is 0 Å². The smallest absolute Gasteiger partial charge is 0.230 e. The van der Waals surface area contributed by atoms with Gasteiger partial charge in [-0.15, -0.1) is 21.5 Å². The van der Waals surface area contributed by atoms with Crippen LogP contribution in [0.15, 0.2) is 21.9 Å². The van der Waals surface area contributed by atoms with Gasteiger partial charge in [0.1, 0.15) is 0 Å². The maximum atomic E-state index is 5.34. The molecule has 68 valence electrons. The van der Waals surface area contributed by atoms with Crippen LogP contribution in [0.5, 0.6) is 0 Å². The first-order valence-electron chi connectivity index (χ1n) is 3.92. The predicted octanol–water partition coefficient (Wildman–Crippen LogP) is 1.18. The minimum Gasteiger partial charge on any atom is -0.424 e. The second kappa shape index (κ2) is 3.68. The summed E-state index contributed by atoms with van der Waals surface area (Å²) in [5, 5.41) is 9.67. The highest BCUT2D eigenvalue weighted by atomic mass is 32.1. The molecule has 0 amide bonds. The number of nitrogens with two attached hydrogens (primary N) is 1. The standard InChI is InChI=1S/C8H9N3OS/c9-5-8-11-10-7(12-8)4-6-2-1-3-13-6/h1-3H,4-5,9H2. The molecule has 5 heteroatoms. The first-order chi connectivity index (χ1) is 6.38. The summed E-state index contributed by atoms with van der Waals surface area (Å²) in [6, 6.07) is 4.04. The molecule has 0 fully saturated rings. The van der Waals surface area contributed by atoms with Crippen molar-refractivity contribution in [2.45, 2.75) is 13.0 Å². The van der Waals surface area contributed by atoms with Crippen molar-refractivity contribution in [3.8, 4) is 0 Å². The van der Waals surface area contributed by atoms with Crippen LogP contribution in [0.4, 0.5) is 0 Å². The van der Waals surface area contributed by atoms with Gasteiger partial charge < -0.3 is 10.2 Å². The average Bonchev–Trinajstić information content (AvgIpc) is 2.76. The molecule has 0 saturated carbocycles. The van der Waals surface area contributed by atoms with Gasteiger partial charge in [0.05, 0.1) is 13.0 Å². The van der Waals surface area contributed by atoms with E-state index in [9.17, 15) is 0 Å². The lowest BCUT2D eigenvalue weighted by Crippen LogP contribution is -1.95. The Balaban J connectivity index is 2.10. The third-order valence-electron chi connectivity index (χ3n) is 1.59. The molecule has 0 unspecified atom stereocenters. The number of nitrogens with zero attached hydrogens (tertiary/aromatic N) is 2. The fourth-order valence-corrected chi connectivity index (χ4v) is 1.70. The maximum absolute atomic E-state index is 5.34. The second-order valence-electron chi connectivity index (χ2n) is 2.55. The lowest BCUT2D eigenvalue weighted by atomic mass is 10.3. The Morgan fingerprint density at radius 2 is 2.23 bits per heavy atom. The zero-order chi connectivity index (χ0) is 9.10. The minimum absolute atomic E-state index is 0.303. The zero-order valence-corrected chi connectivity index (χ0v) is 7.75. The zero-order valence-electron chi connectivity index (χ0n) is 6.93. The summed E-state index contributed by atoms with van der Waals surface area (Å²) in [4.78, 5) is 1.22. The molecule has 0 saturated heterocycles. The van der Waals surface area contributed by atoms with E-state index < -0.39 is 0 Å². The summed E-state index contributed by atoms with van der Waals surface area (Å²) in [5.74, 6) is 1.12. The molecule has 0 aliphatic carbocycles. The van der Waals surface area contributed by atoms with Crippen molar-refractivity contribution in [1.82, 2.24) is 10.2 Å². The Labute approximate surface area is 79.4 Å². The van der Waals surface area contributed by atoms with Gasteiger partial charge in [0, 0.05) is 4.88 Å². The van der Waals surface area contributed by atoms with Crippen molar-refractivity contribution < 1.29 is 4.42 Å². The number of hydrogen-bond donors (Lipinski definition) is 1. The summed E-state index contributed by atoms with van der Waals surface area (Å²) in [6.45, 7) is 0.303. The highest BCUT2D eigenvalue weighted by Gasteiger charge is 2.05. The van der Waals surface area contributed by atoms with E-state index in [1.165, 1.54) is 4.88 Å². The first kappa shape index (κ1) is 8.40. The van der Waals surface area contributed by atoms with Crippen LogP contribution in [0.2, 0.25) is 0 Å². The largest absolute Gasteiger partial charge is 0.424 e. The molecule has 0 spiro atoms. The third-order valence-corrected chi connectivity index (χ3v) is 2.47. The molecule has 0 aliphatic heterocycles. The van der Waals surface area contributed by atoms with Crippen LogP contribution in [-0.2, 0) is 13.0 Å². The predicted molar refractivity (Wildman–Crippen MR) is 49.3 cm³/mol. The van der Waals surface area contributed by atoms with Crippen molar-refractivity contribution in [2.75, 3.05) is 0 Å². The molecule has 2 aromatic rings. The highest BCUT2D eigenvalue weighted by molar-refractivity contribution is 7.09. The van der Waals surface area contributed by atoms with Gasteiger partial charge in [0.2, 0.25) is 11.8 Å². The second-order valence-corrected chi connectivity index (χ2v) is 3.58. The van der Waals surface area contributed by atoms with E-state index in [1.807, 2.05) is 17.5 Å². The van der Waals surface area contributed by atoms with E-state index in [1.54, 1.807) is 11.3 Å². The van der Waals surface area contributed by atoms with Gasteiger partial charge in [-0.1, -0.05) is 6.07 Å². The number of hydrogen-bond acceptors (Lipinski definition) is 5. The lowest BCUT2D eigenvalue weighted by Gasteiger charge is -1.88. The van der Waals surface area contributed by atoms with Gasteiger partial charge in [0.25, 0.3) is 0 Å². The van der Waals surface area contributed by atoms with Crippen LogP contribution in [0.1, 0.15) is 16.7 Å². The van der Waals surface area contributed by atoms with E-state index in [2.05, 4.69) is 10.2 Å². The van der Waals surface area contributed by atoms with Crippen LogP contribution in [-0.4, -0.2) is 10.2 Å². The summed E-state index contributed by atoms with van der Waals surface area (Å²) in [6.07, 6.45) is 0.699. The molecule has 2 N–H and O–H groups in total. The molecule has 2 heterocycles. The Kier molecular flexibility index (Phi) is 2.37. The summed E-state index contributed by atoms with van der Waals surface area (Å²) in [7, 11) is 0. The minimum atomic E-state index is 0.303. The molecule has 0 aromatic carbocycles. The number of aromatic nitrogens is 2. The van der Waals surface area contributed by atoms with E-state index in [4.69, 9.17) is 10.2 Å². The quantitative estimate of drug-likeness (QED) is 0.798. The normalized spacial score (nSPS) is 10.5. The van der Waals surface area contributed by atoms with Crippen LogP contribution in [0.25, 0.3) is 0 Å². The van der Waals surface area contributed by atoms with Crippen molar-refractivity contribution in [3.05, 3.63) is 34.2 Å². The van der Waals surface area contributed by atoms with Crippen molar-refractivity contribution in [3.63, 3.8) is 0 Å². The van der Waals surface area contributed by atoms with Gasteiger partial charge in [-0.25, -0.2) is 0 Å². The first-order valence-corrected chi connectivity index (χ1v) is 4.80. The van der Waals surface area contributed by atoms with Crippen molar-refractivity contribution in [2.24, 2.45) is 5.73 Å². The van der Waals surface area contributed by atoms with Crippen LogP contribution >= 0.6 is 11.3 Å². The maximum Gasteiger partial charge on any atom is 0.230 e. The average molecular weight is 195 g/mol. The molecule has 13 heavy (non-hydrogen) atoms. The molecule has 0 radical (unpaired) electrons. The molecule has 2 aromatic heterocycles. The number of rotatable bonds is 3. The van der Waals surface area contributed by atoms with Crippen LogP contribution < -0.4 is 5.73 Å². The van der Waals surface area contributed by atoms with E-state index in [0.717, 1.165) is 0 Å². The van der Waals surface area contributed by atoms with E-state index >= 15 is 0 Å². The molecular formula is C8H9N3OS. The van der Waals surface area contributed by atoms with Crippen molar-refractivity contribution in [1.29, 1.82) is 0 Å². The topological polar surface area (TPSA) is 64.9 Å². The Morgan fingerprint density at radius 3 is 2.85 bits per heavy atom. The van der Waals surface area contributed by atoms with E-state index in [0.29, 0.717) is 24.7 Å². The van der Waals surface area contributed by atoms with Crippen molar-refractivity contribution >= 4 is 11.3 Å². The molecular weight excluding hydrogens is 186 g/mol. The molecule has 4 nitrogen and oxygen atoms in total. The van der Waals surface area contributed by atoms with Gasteiger partial charge in [-0.2, -0.15) is 0 Å². The Morgan fingerprint density at radius 1 is 1.38 bits per heavy atom. The molecule has 2 rings (SSSR count). The Hall–Kier alpha value is -1.20. The van der Waals surface area contributed by atoms with Gasteiger partial charge in [0.15, 0.2) is 0 Å². The fourth-order valence-electron chi connectivity index (χ4n) is 1.00. The van der Waals surface area contributed by atoms with Crippen LogP contribution in [0.3, 0.4) is 0 Å². The summed E-state index contributed by atoms with van der Waals surface area (Å²) in [5.41, 5.74) is 5.34. The highest BCUT2D eigenvalue weighted by Crippen LogP contribution is 2.13. The fraction of sp³-hybridized carbons (Fsp3) is 0.250. The van der Waals surface area contributed by atoms with Gasteiger partial charge in [-0.3, -0.25) is 0 Å². The Bertz CT molecular complexity index is 368. The number of thiophene rings is 1. The SMILES string of the molecule is NCc1nnc(Cc2cccs2)o1. The third kappa shape index (κ3) is 1.93. The summed E-state index contributed by atoms with van der Waals surface area (Å²) >= 11 is 1.68. The van der Waals surface area contributed by atoms with Gasteiger partial charge >= 0.3 is 0 Å². The monoisotopic (exact) mass is 195 g/mol. The van der Waals surface area contributed by atoms with Gasteiger partial charge in [-0.05, 0) is 11.4 Å².